The number of fused-ring (bicyclic) bond motifs is 2. The summed E-state index contributed by atoms with van der Waals surface area (Å²) in [5.74, 6) is -3.01. The van der Waals surface area contributed by atoms with Crippen molar-refractivity contribution in [1.82, 2.24) is 20.8 Å². The topological polar surface area (TPSA) is 134 Å². The van der Waals surface area contributed by atoms with Crippen molar-refractivity contribution in [1.29, 1.82) is 0 Å². The lowest BCUT2D eigenvalue weighted by molar-refractivity contribution is -0.139. The Kier molecular flexibility index (Phi) is 5.39. The smallest absolute Gasteiger partial charge is 0.344 e. The summed E-state index contributed by atoms with van der Waals surface area (Å²) in [5, 5.41) is 1.27. The van der Waals surface area contributed by atoms with Gasteiger partial charge in [0.2, 0.25) is 8.32 Å². The lowest BCUT2D eigenvalue weighted by atomic mass is 10.0. The summed E-state index contributed by atoms with van der Waals surface area (Å²) in [6, 6.07) is -1.59. The number of hydrogen-bond acceptors (Lipinski definition) is 5. The number of amides is 5. The second-order valence-corrected chi connectivity index (χ2v) is 13.0. The maximum Gasteiger partial charge on any atom is 0.344 e. The molecule has 27 heavy (non-hydrogen) atoms. The minimum absolute atomic E-state index is 0.0894. The molecule has 5 amide bonds. The van der Waals surface area contributed by atoms with Crippen LogP contribution in [0.3, 0.4) is 0 Å². The lowest BCUT2D eigenvalue weighted by Gasteiger charge is -2.39. The first-order chi connectivity index (χ1) is 12.3. The Morgan fingerprint density at radius 3 is 2.37 bits per heavy atom. The molecule has 2 atom stereocenters. The van der Waals surface area contributed by atoms with Gasteiger partial charge in [0.05, 0.1) is 12.6 Å². The number of hydroxylamine groups is 2. The summed E-state index contributed by atoms with van der Waals surface area (Å²) in [6.45, 7) is 12.3. The van der Waals surface area contributed by atoms with Gasteiger partial charge in [0.1, 0.15) is 6.04 Å². The van der Waals surface area contributed by atoms with Crippen LogP contribution in [0.5, 0.6) is 0 Å². The van der Waals surface area contributed by atoms with Gasteiger partial charge >= 0.3 is 17.8 Å². The number of carbonyl (C=O) groups is 4. The van der Waals surface area contributed by atoms with E-state index in [9.17, 15) is 19.2 Å². The van der Waals surface area contributed by atoms with Gasteiger partial charge in [0.15, 0.2) is 0 Å². The Morgan fingerprint density at radius 2 is 1.85 bits per heavy atom. The van der Waals surface area contributed by atoms with Gasteiger partial charge in [-0.05, 0) is 30.6 Å². The molecule has 0 aromatic rings. The Hall–Kier alpha value is -2.40. The zero-order valence-electron chi connectivity index (χ0n) is 16.5. The summed E-state index contributed by atoms with van der Waals surface area (Å²) < 4.78 is 6.17. The fourth-order valence-corrected chi connectivity index (χ4v) is 3.66. The van der Waals surface area contributed by atoms with E-state index in [1.165, 1.54) is 9.96 Å². The van der Waals surface area contributed by atoms with Crippen LogP contribution in [-0.4, -0.2) is 60.7 Å². The molecule has 0 aromatic heterocycles. The van der Waals surface area contributed by atoms with Gasteiger partial charge in [-0.2, -0.15) is 0 Å². The van der Waals surface area contributed by atoms with Crippen LogP contribution in [0.25, 0.3) is 0 Å². The van der Waals surface area contributed by atoms with Crippen LogP contribution < -0.4 is 16.6 Å². The van der Waals surface area contributed by atoms with Gasteiger partial charge in [-0.3, -0.25) is 25.2 Å². The summed E-state index contributed by atoms with van der Waals surface area (Å²) in [7, 11) is -2.25. The fourth-order valence-electron chi connectivity index (χ4n) is 2.69. The number of nitrogens with zero attached hydrogens (tertiary/aromatic N) is 2. The zero-order chi connectivity index (χ0) is 20.7. The van der Waals surface area contributed by atoms with Gasteiger partial charge in [-0.15, -0.1) is 0 Å². The number of urea groups is 1. The second-order valence-electron chi connectivity index (χ2n) is 8.30. The van der Waals surface area contributed by atoms with Crippen LogP contribution in [0.4, 0.5) is 4.79 Å². The van der Waals surface area contributed by atoms with E-state index >= 15 is 0 Å². The van der Waals surface area contributed by atoms with E-state index in [1.807, 2.05) is 24.6 Å². The number of nitrogens with two attached hydrogens (primary N) is 1. The maximum absolute atomic E-state index is 12.9. The highest BCUT2D eigenvalue weighted by atomic mass is 28.4. The molecule has 0 spiro atoms. The van der Waals surface area contributed by atoms with Crippen LogP contribution in [-0.2, 0) is 18.9 Å². The van der Waals surface area contributed by atoms with E-state index in [1.54, 1.807) is 6.92 Å². The van der Waals surface area contributed by atoms with E-state index in [-0.39, 0.29) is 11.1 Å². The lowest BCUT2D eigenvalue weighted by Crippen LogP contribution is -2.56. The summed E-state index contributed by atoms with van der Waals surface area (Å²) in [5.41, 5.74) is 9.53. The van der Waals surface area contributed by atoms with Gasteiger partial charge < -0.3 is 15.2 Å². The monoisotopic (exact) mass is 397 g/mol. The van der Waals surface area contributed by atoms with E-state index in [0.717, 1.165) is 0 Å². The third-order valence-corrected chi connectivity index (χ3v) is 9.49. The molecular formula is C16H27N5O5Si. The van der Waals surface area contributed by atoms with Crippen molar-refractivity contribution in [2.24, 2.45) is 5.73 Å². The molecule has 0 unspecified atom stereocenters. The molecule has 150 valence electrons. The first kappa shape index (κ1) is 20.9. The second kappa shape index (κ2) is 6.96. The normalized spacial score (nSPS) is 22.4. The van der Waals surface area contributed by atoms with Crippen molar-refractivity contribution in [3.05, 3.63) is 11.6 Å². The predicted octanol–water partition coefficient (Wildman–Crippen LogP) is -0.00940. The number of rotatable bonds is 3. The number of hydrazine groups is 1. The minimum Gasteiger partial charge on any atom is -0.361 e. The van der Waals surface area contributed by atoms with Gasteiger partial charge in [0, 0.05) is 0 Å². The van der Waals surface area contributed by atoms with Crippen molar-refractivity contribution in [3.63, 3.8) is 0 Å². The van der Waals surface area contributed by atoms with Gasteiger partial charge in [-0.1, -0.05) is 26.8 Å². The largest absolute Gasteiger partial charge is 0.361 e. The average molecular weight is 398 g/mol. The van der Waals surface area contributed by atoms with Crippen LogP contribution in [0.1, 0.15) is 27.7 Å². The predicted molar refractivity (Wildman–Crippen MR) is 99.0 cm³/mol. The first-order valence-electron chi connectivity index (χ1n) is 8.63. The maximum atomic E-state index is 12.9. The number of carbonyl (C=O) groups excluding carboxylic acids is 4. The molecule has 0 radical (unpaired) electrons. The Balaban J connectivity index is 2.15. The molecule has 2 bridgehead atoms. The highest BCUT2D eigenvalue weighted by molar-refractivity contribution is 6.74. The van der Waals surface area contributed by atoms with Gasteiger partial charge in [-0.25, -0.2) is 9.86 Å². The molecule has 2 heterocycles. The van der Waals surface area contributed by atoms with Crippen molar-refractivity contribution in [2.75, 3.05) is 6.54 Å². The summed E-state index contributed by atoms with van der Waals surface area (Å²) in [4.78, 5) is 48.7. The van der Waals surface area contributed by atoms with Crippen LogP contribution in [0.15, 0.2) is 11.6 Å². The van der Waals surface area contributed by atoms with Crippen molar-refractivity contribution < 1.29 is 23.7 Å². The molecule has 4 N–H and O–H groups in total. The Morgan fingerprint density at radius 1 is 1.26 bits per heavy atom. The fraction of sp³-hybridized carbons (Fsp3) is 0.625. The number of nitrogens with one attached hydrogen (secondary N) is 2. The van der Waals surface area contributed by atoms with E-state index in [2.05, 4.69) is 26.2 Å². The van der Waals surface area contributed by atoms with Crippen LogP contribution >= 0.6 is 0 Å². The highest BCUT2D eigenvalue weighted by Gasteiger charge is 2.50. The van der Waals surface area contributed by atoms with Crippen LogP contribution in [0, 0.1) is 0 Å². The number of hydrogen-bond donors (Lipinski definition) is 3. The molecule has 2 aliphatic rings. The molecule has 11 heteroatoms. The van der Waals surface area contributed by atoms with E-state index in [4.69, 9.17) is 10.3 Å². The SMILES string of the molecule is CC1=C[C@@H]2CN(C(=O)N2O[Si](C)(C)C(C)(C)C)[C@@H]1C(=O)NNC(=O)C(N)=O. The summed E-state index contributed by atoms with van der Waals surface area (Å²) in [6.07, 6.45) is 1.81. The molecule has 0 aliphatic carbocycles. The third-order valence-electron chi connectivity index (χ3n) is 5.22. The standard InChI is InChI=1S/C16H27N5O5Si/c1-9-7-10-8-20(11(9)13(23)18-19-14(24)12(17)22)15(25)21(10)26-27(5,6)16(2,3)4/h7,10-11H,8H2,1-6H3,(H2,17,22)(H,18,23)(H,19,24)/t10-,11+/m1/s1. The van der Waals surface area contributed by atoms with E-state index < -0.39 is 38.1 Å². The van der Waals surface area contributed by atoms with Crippen molar-refractivity contribution in [2.45, 2.75) is 57.9 Å². The van der Waals surface area contributed by atoms with Crippen molar-refractivity contribution >= 4 is 32.1 Å². The Labute approximate surface area is 159 Å². The minimum atomic E-state index is -2.25. The average Bonchev–Trinajstić information content (AvgIpc) is 2.76. The summed E-state index contributed by atoms with van der Waals surface area (Å²) >= 11 is 0. The van der Waals surface area contributed by atoms with Gasteiger partial charge in [0.25, 0.3) is 5.91 Å². The first-order valence-corrected chi connectivity index (χ1v) is 11.5. The third kappa shape index (κ3) is 3.98. The number of primary amides is 1. The highest BCUT2D eigenvalue weighted by Crippen LogP contribution is 2.39. The van der Waals surface area contributed by atoms with E-state index in [0.29, 0.717) is 12.1 Å². The quantitative estimate of drug-likeness (QED) is 0.266. The van der Waals surface area contributed by atoms with Crippen molar-refractivity contribution in [3.8, 4) is 0 Å². The molecule has 0 saturated carbocycles. The molecule has 1 saturated heterocycles. The molecule has 1 fully saturated rings. The zero-order valence-corrected chi connectivity index (χ0v) is 17.5. The molecule has 2 rings (SSSR count). The molecule has 10 nitrogen and oxygen atoms in total. The molecular weight excluding hydrogens is 370 g/mol. The Bertz CT molecular complexity index is 714. The molecule has 2 aliphatic heterocycles. The molecule has 0 aromatic carbocycles. The van der Waals surface area contributed by atoms with Crippen LogP contribution in [0.2, 0.25) is 18.1 Å².